The minimum Gasteiger partial charge on any atom is -0.481 e. The first-order valence-electron chi connectivity index (χ1n) is 23.4. The van der Waals surface area contributed by atoms with Crippen molar-refractivity contribution in [1.29, 1.82) is 0 Å². The molecule has 20 nitrogen and oxygen atoms in total. The fourth-order valence-electron chi connectivity index (χ4n) is 8.38. The Kier molecular flexibility index (Phi) is 25.8. The molecule has 7 rings (SSSR count). The summed E-state index contributed by atoms with van der Waals surface area (Å²) >= 11 is 5.88. The summed E-state index contributed by atoms with van der Waals surface area (Å²) in [6.07, 6.45) is 6.32. The van der Waals surface area contributed by atoms with Crippen molar-refractivity contribution in [3.8, 4) is 11.3 Å². The van der Waals surface area contributed by atoms with Gasteiger partial charge in [0.15, 0.2) is 0 Å². The first-order valence-corrected chi connectivity index (χ1v) is 25.1. The summed E-state index contributed by atoms with van der Waals surface area (Å²) in [6, 6.07) is 4.02. The Morgan fingerprint density at radius 3 is 1.58 bits per heavy atom. The van der Waals surface area contributed by atoms with E-state index in [1.807, 2.05) is 0 Å². The first kappa shape index (κ1) is 65.9. The molecular weight excluding hydrogens is 1110 g/mol. The molecule has 5 N–H and O–H groups in total. The molecule has 1 aromatic heterocycles. The maximum Gasteiger partial charge on any atom is 0.470 e. The summed E-state index contributed by atoms with van der Waals surface area (Å²) in [7, 11) is -3.65. The number of aliphatic hydroxyl groups excluding tert-OH is 1. The molecule has 0 spiro atoms. The van der Waals surface area contributed by atoms with Crippen LogP contribution in [0, 0.1) is 53.2 Å². The number of aliphatic hydroxyl groups is 1. The highest BCUT2D eigenvalue weighted by atomic mass is 35.5. The van der Waals surface area contributed by atoms with Crippen molar-refractivity contribution in [2.24, 2.45) is 53.1 Å². The summed E-state index contributed by atoms with van der Waals surface area (Å²) in [5.74, 6) is -6.85. The molecule has 1 unspecified atom stereocenters. The summed E-state index contributed by atoms with van der Waals surface area (Å²) in [4.78, 5) is 68.2. The summed E-state index contributed by atoms with van der Waals surface area (Å²) in [5, 5.41) is 23.6. The van der Waals surface area contributed by atoms with E-state index in [0.717, 1.165) is 32.1 Å². The number of fused-ring (bicyclic) bond motifs is 1. The number of amides is 2. The molecule has 1 aromatic carbocycles. The van der Waals surface area contributed by atoms with Crippen LogP contribution in [0.3, 0.4) is 0 Å². The number of benzene rings is 1. The summed E-state index contributed by atoms with van der Waals surface area (Å²) < 4.78 is 160. The number of carbonyl (C=O) groups is 6. The average molecular weight is 1170 g/mol. The molecule has 2 amide bonds. The van der Waals surface area contributed by atoms with E-state index < -0.39 is 64.9 Å². The number of nitrogens with two attached hydrogens (primary N) is 1. The van der Waals surface area contributed by atoms with Crippen molar-refractivity contribution in [2.45, 2.75) is 96.0 Å². The highest BCUT2D eigenvalue weighted by Gasteiger charge is 2.54. The number of methoxy groups -OCH3 is 2. The number of primary amides is 1. The van der Waals surface area contributed by atoms with Gasteiger partial charge in [-0.1, -0.05) is 15.5 Å². The zero-order valence-electron chi connectivity index (χ0n) is 41.0. The van der Waals surface area contributed by atoms with E-state index in [4.69, 9.17) is 32.7 Å². The molecule has 0 bridgehead atoms. The number of hydrogen-bond donors (Lipinski definition) is 4. The molecule has 0 radical (unpaired) electrons. The van der Waals surface area contributed by atoms with Crippen LogP contribution in [-0.4, -0.2) is 146 Å². The zero-order valence-corrected chi connectivity index (χ0v) is 42.6. The van der Waals surface area contributed by atoms with Gasteiger partial charge in [0.05, 0.1) is 81.2 Å². The number of carbonyl (C=O) groups excluding carboxylic acids is 4. The predicted molar refractivity (Wildman–Crippen MR) is 243 cm³/mol. The van der Waals surface area contributed by atoms with Crippen LogP contribution in [-0.2, 0) is 71.0 Å². The topological polar surface area (TPSA) is 290 Å². The normalized spacial score (nSPS) is 23.2. The van der Waals surface area contributed by atoms with Gasteiger partial charge in [-0.25, -0.2) is 9.18 Å². The van der Waals surface area contributed by atoms with Crippen LogP contribution >= 0.6 is 11.6 Å². The quantitative estimate of drug-likeness (QED) is 0.0678. The van der Waals surface area contributed by atoms with Crippen LogP contribution < -0.4 is 5.73 Å². The van der Waals surface area contributed by atoms with Crippen molar-refractivity contribution in [1.82, 2.24) is 14.7 Å². The van der Waals surface area contributed by atoms with E-state index in [0.29, 0.717) is 43.6 Å². The van der Waals surface area contributed by atoms with Gasteiger partial charge < -0.3 is 49.6 Å². The number of hydrogen-bond acceptors (Lipinski definition) is 15. The second-order valence-electron chi connectivity index (χ2n) is 17.9. The van der Waals surface area contributed by atoms with Gasteiger partial charge in [-0.05, 0) is 99.2 Å². The second-order valence-corrected chi connectivity index (χ2v) is 19.7. The number of ether oxygens (including phenoxy) is 5. The molecule has 2 heterocycles. The third-order valence-electron chi connectivity index (χ3n) is 13.5. The molecule has 4 aliphatic carbocycles. The SMILES string of the molecule is COC(=O)[C@@H]1CC[C@H]1CO.COC(=O)[C@@H]1CC[C@H]1COC(F)F.NC(=O)c1c(-c2ccc(F)c(Cl)c2)nn2c1CN(C(=O)C[C@@H]1CCC1COC(F)F)CC2.O=C(O)C(F)(F)S(=O)(=O)F.O=C(O)[C@@H]1CC[C@H]1COC(F)F. The van der Waals surface area contributed by atoms with Crippen molar-refractivity contribution < 1.29 is 120 Å². The van der Waals surface area contributed by atoms with Crippen LogP contribution in [0.25, 0.3) is 11.3 Å². The highest BCUT2D eigenvalue weighted by molar-refractivity contribution is 7.88. The average Bonchev–Trinajstić information content (AvgIpc) is 3.70. The molecule has 8 atom stereocenters. The summed E-state index contributed by atoms with van der Waals surface area (Å²) in [6.45, 7) is -7.61. The van der Waals surface area contributed by atoms with E-state index in [1.165, 1.54) is 32.4 Å². The van der Waals surface area contributed by atoms with E-state index in [9.17, 15) is 80.6 Å². The largest absolute Gasteiger partial charge is 0.481 e. The fourth-order valence-corrected chi connectivity index (χ4v) is 8.77. The fraction of sp³-hybridized carbons (Fsp3) is 0.667. The molecule has 2 aromatic rings. The third kappa shape index (κ3) is 18.9. The van der Waals surface area contributed by atoms with Crippen LogP contribution in [0.15, 0.2) is 18.2 Å². The summed E-state index contributed by atoms with van der Waals surface area (Å²) in [5.41, 5.74) is 7.01. The van der Waals surface area contributed by atoms with Gasteiger partial charge in [0.2, 0.25) is 5.91 Å². The van der Waals surface area contributed by atoms with Crippen molar-refractivity contribution in [3.05, 3.63) is 40.3 Å². The number of aliphatic carboxylic acids is 2. The van der Waals surface area contributed by atoms with Gasteiger partial charge >= 0.3 is 59.2 Å². The number of nitrogens with zero attached hydrogens (tertiary/aromatic N) is 3. The lowest BCUT2D eigenvalue weighted by molar-refractivity contribution is -0.167. The molecule has 32 heteroatoms. The minimum atomic E-state index is -6.33. The zero-order chi connectivity index (χ0) is 58.1. The van der Waals surface area contributed by atoms with Crippen LogP contribution in [0.5, 0.6) is 0 Å². The van der Waals surface area contributed by atoms with Gasteiger partial charge in [-0.3, -0.25) is 28.7 Å². The van der Waals surface area contributed by atoms with E-state index in [2.05, 4.69) is 28.8 Å². The van der Waals surface area contributed by atoms with Gasteiger partial charge in [0.1, 0.15) is 11.5 Å². The van der Waals surface area contributed by atoms with Crippen molar-refractivity contribution in [2.75, 3.05) is 47.2 Å². The lowest BCUT2D eigenvalue weighted by atomic mass is 9.72. The van der Waals surface area contributed by atoms with Crippen LogP contribution in [0.1, 0.15) is 73.8 Å². The van der Waals surface area contributed by atoms with Crippen molar-refractivity contribution in [3.63, 3.8) is 0 Å². The molecule has 77 heavy (non-hydrogen) atoms. The minimum absolute atomic E-state index is 0.000570. The Morgan fingerprint density at radius 2 is 1.22 bits per heavy atom. The Labute approximate surface area is 438 Å². The molecule has 1 aliphatic heterocycles. The van der Waals surface area contributed by atoms with Crippen molar-refractivity contribution >= 4 is 57.5 Å². The number of aromatic nitrogens is 2. The van der Waals surface area contributed by atoms with Crippen LogP contribution in [0.4, 0.5) is 43.4 Å². The number of rotatable bonds is 19. The Hall–Kier alpha value is -5.37. The Balaban J connectivity index is 0.000000286. The standard InChI is InChI=1S/C21H22ClF3N4O3.C8H12F2O3.C7H10F2O3.C7H12O3.C2HF3O4S/c22-14-7-12(3-4-15(14)23)19-18(20(26)31)16-9-28(5-6-29(16)27-19)17(30)8-11-1-2-13(11)10-32-21(24)25;1-12-7(11)6-3-2-5(6)4-13-8(9)10;8-7(9)12-3-4-1-2-5(4)6(10)11;1-10-7(9)6-3-2-5(6)4-8;3-2(4,1(6)7)10(5,8)9/h3-4,7,11,13,21H,1-2,5-6,8-10H2,(H2,26,31);5-6,8H,2-4H2,1H3;4-5,7H,1-3H2,(H,10,11);5-6,8H,2-4H2,1H3;(H,6,7)/t11-,13?;5-,6+;4-,5+;5-,6+;/m0000./s1. The molecule has 5 aliphatic rings. The monoisotopic (exact) mass is 1170 g/mol. The maximum atomic E-state index is 13.6. The number of carboxylic acids is 2. The van der Waals surface area contributed by atoms with E-state index in [-0.39, 0.29) is 115 Å². The molecule has 4 saturated carbocycles. The highest BCUT2D eigenvalue weighted by Crippen LogP contribution is 2.39. The maximum absolute atomic E-state index is 13.6. The molecule has 0 saturated heterocycles. The molecular formula is C45H57ClF10N4O16S. The van der Waals surface area contributed by atoms with Crippen LogP contribution in [0.2, 0.25) is 5.02 Å². The molecule has 4 fully saturated rings. The Morgan fingerprint density at radius 1 is 0.753 bits per heavy atom. The lowest BCUT2D eigenvalue weighted by Gasteiger charge is -2.37. The number of halogens is 11. The van der Waals surface area contributed by atoms with Gasteiger partial charge in [-0.15, -0.1) is 0 Å². The van der Waals surface area contributed by atoms with E-state index in [1.54, 1.807) is 9.58 Å². The number of alkyl halides is 8. The number of carboxylic acid groups (broad SMARTS) is 2. The van der Waals surface area contributed by atoms with Gasteiger partial charge in [0.25, 0.3) is 5.91 Å². The van der Waals surface area contributed by atoms with Gasteiger partial charge in [-0.2, -0.15) is 48.6 Å². The smallest absolute Gasteiger partial charge is 0.470 e. The predicted octanol–water partition coefficient (Wildman–Crippen LogP) is 6.34. The Bertz CT molecular complexity index is 2440. The molecule has 436 valence electrons. The second kappa shape index (κ2) is 30.1. The number of esters is 2. The first-order chi connectivity index (χ1) is 36.0. The van der Waals surface area contributed by atoms with E-state index >= 15 is 0 Å². The lowest BCUT2D eigenvalue weighted by Crippen LogP contribution is -2.42. The van der Waals surface area contributed by atoms with Gasteiger partial charge in [0, 0.05) is 25.1 Å². The third-order valence-corrected chi connectivity index (χ3v) is 14.5.